The van der Waals surface area contributed by atoms with Gasteiger partial charge in [0.25, 0.3) is 0 Å². The Hall–Kier alpha value is -0.160. The van der Waals surface area contributed by atoms with Crippen molar-refractivity contribution >= 4 is 0 Å². The zero-order valence-corrected chi connectivity index (χ0v) is 10.9. The molecule has 1 saturated heterocycles. The van der Waals surface area contributed by atoms with Gasteiger partial charge in [-0.2, -0.15) is 0 Å². The summed E-state index contributed by atoms with van der Waals surface area (Å²) >= 11 is 0. The lowest BCUT2D eigenvalue weighted by Crippen LogP contribution is -2.53. The third-order valence-electron chi connectivity index (χ3n) is 3.43. The van der Waals surface area contributed by atoms with Crippen LogP contribution in [0.4, 0.5) is 0 Å². The number of hydrogen-bond acceptors (Lipinski definition) is 4. The number of hydrogen-bond donors (Lipinski definition) is 2. The maximum atomic E-state index is 9.84. The van der Waals surface area contributed by atoms with Gasteiger partial charge >= 0.3 is 0 Å². The monoisotopic (exact) mass is 229 g/mol. The van der Waals surface area contributed by atoms with E-state index in [1.165, 1.54) is 6.42 Å². The summed E-state index contributed by atoms with van der Waals surface area (Å²) < 4.78 is 0. The first kappa shape index (κ1) is 13.9. The van der Waals surface area contributed by atoms with Crippen molar-refractivity contribution in [2.75, 3.05) is 46.3 Å². The molecule has 1 fully saturated rings. The van der Waals surface area contributed by atoms with E-state index in [4.69, 9.17) is 0 Å². The number of likely N-dealkylation sites (N-methyl/N-ethyl adjacent to an activating group) is 2. The quantitative estimate of drug-likeness (QED) is 0.671. The van der Waals surface area contributed by atoms with Crippen LogP contribution in [0.15, 0.2) is 0 Å². The molecule has 1 aliphatic heterocycles. The predicted octanol–water partition coefficient (Wildman–Crippen LogP) is -0.0172. The fraction of sp³-hybridized carbons (Fsp3) is 1.00. The summed E-state index contributed by atoms with van der Waals surface area (Å²) in [6.07, 6.45) is 0.955. The molecule has 0 aromatic carbocycles. The fourth-order valence-corrected chi connectivity index (χ4v) is 2.29. The molecule has 2 unspecified atom stereocenters. The molecular weight excluding hydrogens is 202 g/mol. The van der Waals surface area contributed by atoms with E-state index in [9.17, 15) is 5.11 Å². The van der Waals surface area contributed by atoms with E-state index in [1.54, 1.807) is 0 Å². The minimum Gasteiger partial charge on any atom is -0.390 e. The molecule has 2 N–H and O–H groups in total. The normalized spacial score (nSPS) is 25.9. The summed E-state index contributed by atoms with van der Waals surface area (Å²) in [6.45, 7) is 10.0. The topological polar surface area (TPSA) is 38.7 Å². The minimum absolute atomic E-state index is 0.235. The zero-order valence-electron chi connectivity index (χ0n) is 10.9. The number of aliphatic hydroxyl groups is 1. The number of piperazine rings is 1. The van der Waals surface area contributed by atoms with Crippen molar-refractivity contribution in [2.45, 2.75) is 32.4 Å². The summed E-state index contributed by atoms with van der Waals surface area (Å²) in [6, 6.07) is 0.653. The van der Waals surface area contributed by atoms with Crippen molar-refractivity contribution in [1.82, 2.24) is 15.1 Å². The molecule has 0 bridgehead atoms. The standard InChI is InChI=1S/C12H27N3O/c1-4-11-9-15(7-6-14(11)3)10-12(16)8-13-5-2/h11-13,16H,4-10H2,1-3H3. The summed E-state index contributed by atoms with van der Waals surface area (Å²) in [7, 11) is 2.20. The molecule has 0 saturated carbocycles. The first-order valence-electron chi connectivity index (χ1n) is 6.48. The van der Waals surface area contributed by atoms with Crippen molar-refractivity contribution in [3.8, 4) is 0 Å². The second kappa shape index (κ2) is 7.22. The van der Waals surface area contributed by atoms with Crippen LogP contribution in [-0.4, -0.2) is 73.4 Å². The molecule has 0 aromatic rings. The molecule has 1 heterocycles. The van der Waals surface area contributed by atoms with Crippen molar-refractivity contribution in [1.29, 1.82) is 0 Å². The van der Waals surface area contributed by atoms with Crippen LogP contribution in [0.3, 0.4) is 0 Å². The smallest absolute Gasteiger partial charge is 0.0791 e. The van der Waals surface area contributed by atoms with Gasteiger partial charge in [-0.15, -0.1) is 0 Å². The highest BCUT2D eigenvalue weighted by Crippen LogP contribution is 2.10. The van der Waals surface area contributed by atoms with Crippen molar-refractivity contribution in [3.63, 3.8) is 0 Å². The Morgan fingerprint density at radius 3 is 2.75 bits per heavy atom. The number of rotatable bonds is 6. The third kappa shape index (κ3) is 4.37. The molecule has 0 aromatic heterocycles. The van der Waals surface area contributed by atoms with Gasteiger partial charge in [-0.05, 0) is 20.0 Å². The SMILES string of the molecule is CCNCC(O)CN1CCN(C)C(CC)C1. The van der Waals surface area contributed by atoms with Crippen molar-refractivity contribution in [3.05, 3.63) is 0 Å². The molecule has 1 aliphatic rings. The molecule has 96 valence electrons. The van der Waals surface area contributed by atoms with E-state index >= 15 is 0 Å². The van der Waals surface area contributed by atoms with E-state index in [0.29, 0.717) is 12.6 Å². The first-order chi connectivity index (χ1) is 7.67. The van der Waals surface area contributed by atoms with Gasteiger partial charge < -0.3 is 15.3 Å². The fourth-order valence-electron chi connectivity index (χ4n) is 2.29. The Labute approximate surface area is 99.6 Å². The molecule has 1 rings (SSSR count). The maximum absolute atomic E-state index is 9.84. The number of nitrogens with zero attached hydrogens (tertiary/aromatic N) is 2. The van der Waals surface area contributed by atoms with Crippen LogP contribution < -0.4 is 5.32 Å². The van der Waals surface area contributed by atoms with Crippen LogP contribution >= 0.6 is 0 Å². The summed E-state index contributed by atoms with van der Waals surface area (Å²) in [5.41, 5.74) is 0. The largest absolute Gasteiger partial charge is 0.390 e. The highest BCUT2D eigenvalue weighted by Gasteiger charge is 2.23. The maximum Gasteiger partial charge on any atom is 0.0791 e. The Morgan fingerprint density at radius 1 is 1.38 bits per heavy atom. The second-order valence-corrected chi connectivity index (χ2v) is 4.76. The van der Waals surface area contributed by atoms with Crippen LogP contribution in [0, 0.1) is 0 Å². The molecule has 2 atom stereocenters. The molecule has 0 aliphatic carbocycles. The van der Waals surface area contributed by atoms with E-state index in [0.717, 1.165) is 32.7 Å². The van der Waals surface area contributed by atoms with Crippen LogP contribution in [0.2, 0.25) is 0 Å². The summed E-state index contributed by atoms with van der Waals surface area (Å²) in [5, 5.41) is 13.0. The lowest BCUT2D eigenvalue weighted by molar-refractivity contribution is 0.0508. The summed E-state index contributed by atoms with van der Waals surface area (Å²) in [4.78, 5) is 4.81. The highest BCUT2D eigenvalue weighted by atomic mass is 16.3. The lowest BCUT2D eigenvalue weighted by atomic mass is 10.1. The van der Waals surface area contributed by atoms with Crippen LogP contribution in [0.25, 0.3) is 0 Å². The molecule has 0 amide bonds. The van der Waals surface area contributed by atoms with Gasteiger partial charge in [-0.25, -0.2) is 0 Å². The minimum atomic E-state index is -0.235. The van der Waals surface area contributed by atoms with Crippen LogP contribution in [0.5, 0.6) is 0 Å². The van der Waals surface area contributed by atoms with Gasteiger partial charge in [0.15, 0.2) is 0 Å². The number of nitrogens with one attached hydrogen (secondary N) is 1. The first-order valence-corrected chi connectivity index (χ1v) is 6.48. The van der Waals surface area contributed by atoms with E-state index in [2.05, 4.69) is 36.0 Å². The van der Waals surface area contributed by atoms with Gasteiger partial charge in [-0.3, -0.25) is 4.90 Å². The predicted molar refractivity (Wildman–Crippen MR) is 67.7 cm³/mol. The lowest BCUT2D eigenvalue weighted by Gasteiger charge is -2.39. The van der Waals surface area contributed by atoms with Gasteiger partial charge in [0, 0.05) is 38.8 Å². The molecule has 16 heavy (non-hydrogen) atoms. The third-order valence-corrected chi connectivity index (χ3v) is 3.43. The van der Waals surface area contributed by atoms with Gasteiger partial charge in [0.05, 0.1) is 6.10 Å². The molecular formula is C12H27N3O. The van der Waals surface area contributed by atoms with Crippen molar-refractivity contribution in [2.24, 2.45) is 0 Å². The average molecular weight is 229 g/mol. The molecule has 4 nitrogen and oxygen atoms in total. The van der Waals surface area contributed by atoms with E-state index in [-0.39, 0.29) is 6.10 Å². The van der Waals surface area contributed by atoms with Crippen molar-refractivity contribution < 1.29 is 5.11 Å². The average Bonchev–Trinajstić information content (AvgIpc) is 2.29. The Kier molecular flexibility index (Phi) is 6.28. The number of β-amino-alcohol motifs (C(OH)–C–C–N with tert-alkyl or cyclic N) is 1. The van der Waals surface area contributed by atoms with E-state index < -0.39 is 0 Å². The van der Waals surface area contributed by atoms with Gasteiger partial charge in [0.2, 0.25) is 0 Å². The van der Waals surface area contributed by atoms with Crippen LogP contribution in [0.1, 0.15) is 20.3 Å². The van der Waals surface area contributed by atoms with Crippen LogP contribution in [-0.2, 0) is 0 Å². The number of aliphatic hydroxyl groups excluding tert-OH is 1. The second-order valence-electron chi connectivity index (χ2n) is 4.76. The highest BCUT2D eigenvalue weighted by molar-refractivity contribution is 4.80. The molecule has 0 spiro atoms. The van der Waals surface area contributed by atoms with E-state index in [1.807, 2.05) is 0 Å². The zero-order chi connectivity index (χ0) is 12.0. The molecule has 4 heteroatoms. The Bertz CT molecular complexity index is 189. The Balaban J connectivity index is 2.27. The summed E-state index contributed by atoms with van der Waals surface area (Å²) in [5.74, 6) is 0. The van der Waals surface area contributed by atoms with Gasteiger partial charge in [-0.1, -0.05) is 13.8 Å². The molecule has 0 radical (unpaired) electrons. The van der Waals surface area contributed by atoms with Gasteiger partial charge in [0.1, 0.15) is 0 Å². The Morgan fingerprint density at radius 2 is 2.12 bits per heavy atom.